The first kappa shape index (κ1) is 13.8. The van der Waals surface area contributed by atoms with Crippen LogP contribution in [0.5, 0.6) is 0 Å². The van der Waals surface area contributed by atoms with Crippen molar-refractivity contribution in [3.05, 3.63) is 28.6 Å². The maximum absolute atomic E-state index is 12.4. The van der Waals surface area contributed by atoms with Crippen LogP contribution in [0.15, 0.2) is 6.20 Å². The Morgan fingerprint density at radius 2 is 2.00 bits per heavy atom. The lowest BCUT2D eigenvalue weighted by atomic mass is 10.0. The van der Waals surface area contributed by atoms with E-state index in [1.807, 2.05) is 0 Å². The third kappa shape index (κ3) is 2.37. The van der Waals surface area contributed by atoms with Crippen molar-refractivity contribution in [3.63, 3.8) is 0 Å². The Kier molecular flexibility index (Phi) is 3.50. The number of nitrogens with zero attached hydrogens (tertiary/aromatic N) is 2. The Bertz CT molecular complexity index is 533. The quantitative estimate of drug-likeness (QED) is 0.835. The van der Waals surface area contributed by atoms with Crippen LogP contribution in [-0.4, -0.2) is 16.1 Å². The SMILES string of the molecule is N#Cc1c(C(F)F)cnc(C(F)(F)F)c1C(=O)O. The molecule has 1 N–H and O–H groups in total. The zero-order chi connectivity index (χ0) is 14.1. The smallest absolute Gasteiger partial charge is 0.434 e. The van der Waals surface area contributed by atoms with E-state index < -0.39 is 41.0 Å². The van der Waals surface area contributed by atoms with Crippen molar-refractivity contribution in [1.29, 1.82) is 5.26 Å². The molecule has 0 spiro atoms. The van der Waals surface area contributed by atoms with Crippen LogP contribution < -0.4 is 0 Å². The van der Waals surface area contributed by atoms with Gasteiger partial charge in [-0.2, -0.15) is 18.4 Å². The van der Waals surface area contributed by atoms with Crippen molar-refractivity contribution in [2.75, 3.05) is 0 Å². The van der Waals surface area contributed by atoms with Crippen LogP contribution in [0.4, 0.5) is 22.0 Å². The molecule has 0 atom stereocenters. The van der Waals surface area contributed by atoms with E-state index in [0.29, 0.717) is 0 Å². The minimum Gasteiger partial charge on any atom is -0.478 e. The van der Waals surface area contributed by atoms with E-state index in [2.05, 4.69) is 4.98 Å². The standard InChI is InChI=1S/C9H3F5N2O2/c10-7(11)4-2-16-6(9(12,13)14)5(8(17)18)3(4)1-15/h2,7H,(H,17,18). The Hall–Kier alpha value is -2.24. The van der Waals surface area contributed by atoms with Crippen LogP contribution in [0.25, 0.3) is 0 Å². The van der Waals surface area contributed by atoms with E-state index in [1.165, 1.54) is 0 Å². The topological polar surface area (TPSA) is 74.0 Å². The number of carboxylic acid groups (broad SMARTS) is 1. The van der Waals surface area contributed by atoms with Crippen LogP contribution in [0.3, 0.4) is 0 Å². The van der Waals surface area contributed by atoms with E-state index in [0.717, 1.165) is 6.07 Å². The van der Waals surface area contributed by atoms with Gasteiger partial charge in [0.2, 0.25) is 0 Å². The minimum atomic E-state index is -5.15. The average molecular weight is 266 g/mol. The van der Waals surface area contributed by atoms with Gasteiger partial charge in [-0.15, -0.1) is 0 Å². The number of pyridine rings is 1. The molecule has 0 saturated heterocycles. The summed E-state index contributed by atoms with van der Waals surface area (Å²) in [5.41, 5.74) is -5.83. The summed E-state index contributed by atoms with van der Waals surface area (Å²) in [4.78, 5) is 13.4. The normalized spacial score (nSPS) is 11.4. The Balaban J connectivity index is 3.72. The number of carboxylic acids is 1. The van der Waals surface area contributed by atoms with Gasteiger partial charge in [0.25, 0.3) is 6.43 Å². The van der Waals surface area contributed by atoms with Crippen molar-refractivity contribution >= 4 is 5.97 Å². The molecule has 0 fully saturated rings. The Morgan fingerprint density at radius 3 is 2.33 bits per heavy atom. The lowest BCUT2D eigenvalue weighted by Crippen LogP contribution is -2.18. The average Bonchev–Trinajstić information content (AvgIpc) is 2.25. The number of alkyl halides is 5. The summed E-state index contributed by atoms with van der Waals surface area (Å²) in [6, 6.07) is 1.04. The van der Waals surface area contributed by atoms with Gasteiger partial charge in [0.15, 0.2) is 5.69 Å². The monoisotopic (exact) mass is 266 g/mol. The van der Waals surface area contributed by atoms with E-state index in [-0.39, 0.29) is 6.20 Å². The molecule has 0 aromatic carbocycles. The second-order valence-electron chi connectivity index (χ2n) is 3.03. The fraction of sp³-hybridized carbons (Fsp3) is 0.222. The highest BCUT2D eigenvalue weighted by atomic mass is 19.4. The van der Waals surface area contributed by atoms with Crippen molar-refractivity contribution in [1.82, 2.24) is 4.98 Å². The number of halogens is 5. The molecule has 18 heavy (non-hydrogen) atoms. The summed E-state index contributed by atoms with van der Waals surface area (Å²) in [5.74, 6) is -2.14. The number of carbonyl (C=O) groups is 1. The molecule has 0 amide bonds. The number of rotatable bonds is 2. The molecule has 0 aliphatic rings. The van der Waals surface area contributed by atoms with Crippen LogP contribution in [0, 0.1) is 11.3 Å². The summed E-state index contributed by atoms with van der Waals surface area (Å²) in [5, 5.41) is 17.2. The molecule has 1 aromatic rings. The Morgan fingerprint density at radius 1 is 1.44 bits per heavy atom. The first-order chi connectivity index (χ1) is 8.20. The molecule has 0 unspecified atom stereocenters. The van der Waals surface area contributed by atoms with Crippen LogP contribution in [0.2, 0.25) is 0 Å². The molecule has 96 valence electrons. The van der Waals surface area contributed by atoms with Crippen molar-refractivity contribution < 1.29 is 31.9 Å². The lowest BCUT2D eigenvalue weighted by molar-refractivity contribution is -0.141. The maximum atomic E-state index is 12.4. The fourth-order valence-electron chi connectivity index (χ4n) is 1.23. The van der Waals surface area contributed by atoms with Gasteiger partial charge in [0.1, 0.15) is 11.6 Å². The van der Waals surface area contributed by atoms with Crippen LogP contribution in [-0.2, 0) is 6.18 Å². The largest absolute Gasteiger partial charge is 0.478 e. The molecule has 0 aliphatic carbocycles. The summed E-state index contributed by atoms with van der Waals surface area (Å²) < 4.78 is 62.1. The van der Waals surface area contributed by atoms with Gasteiger partial charge in [0, 0.05) is 6.20 Å². The van der Waals surface area contributed by atoms with Crippen LogP contribution in [0.1, 0.15) is 33.6 Å². The predicted octanol–water partition coefficient (Wildman–Crippen LogP) is 2.61. The van der Waals surface area contributed by atoms with Crippen molar-refractivity contribution in [3.8, 4) is 6.07 Å². The number of aromatic nitrogens is 1. The van der Waals surface area contributed by atoms with Gasteiger partial charge in [-0.3, -0.25) is 4.98 Å². The molecular formula is C9H3F5N2O2. The van der Waals surface area contributed by atoms with E-state index in [9.17, 15) is 26.7 Å². The fourth-order valence-corrected chi connectivity index (χ4v) is 1.23. The van der Waals surface area contributed by atoms with Crippen molar-refractivity contribution in [2.24, 2.45) is 0 Å². The summed E-state index contributed by atoms with van der Waals surface area (Å²) >= 11 is 0. The molecular weight excluding hydrogens is 263 g/mol. The number of nitriles is 1. The predicted molar refractivity (Wildman–Crippen MR) is 45.9 cm³/mol. The highest BCUT2D eigenvalue weighted by molar-refractivity contribution is 5.92. The van der Waals surface area contributed by atoms with Crippen LogP contribution >= 0.6 is 0 Å². The first-order valence-corrected chi connectivity index (χ1v) is 4.21. The summed E-state index contributed by atoms with van der Waals surface area (Å²) in [7, 11) is 0. The number of hydrogen-bond donors (Lipinski definition) is 1. The van der Waals surface area contributed by atoms with Gasteiger partial charge in [0.05, 0.1) is 11.1 Å². The second kappa shape index (κ2) is 4.56. The highest BCUT2D eigenvalue weighted by Gasteiger charge is 2.40. The third-order valence-electron chi connectivity index (χ3n) is 1.94. The molecule has 4 nitrogen and oxygen atoms in total. The third-order valence-corrected chi connectivity index (χ3v) is 1.94. The second-order valence-corrected chi connectivity index (χ2v) is 3.03. The molecule has 9 heteroatoms. The van der Waals surface area contributed by atoms with E-state index in [4.69, 9.17) is 10.4 Å². The maximum Gasteiger partial charge on any atom is 0.434 e. The Labute approximate surface area is 96.3 Å². The zero-order valence-corrected chi connectivity index (χ0v) is 8.29. The van der Waals surface area contributed by atoms with Crippen molar-refractivity contribution in [2.45, 2.75) is 12.6 Å². The van der Waals surface area contributed by atoms with Gasteiger partial charge in [-0.1, -0.05) is 0 Å². The van der Waals surface area contributed by atoms with Gasteiger partial charge < -0.3 is 5.11 Å². The number of hydrogen-bond acceptors (Lipinski definition) is 3. The summed E-state index contributed by atoms with van der Waals surface area (Å²) in [6.45, 7) is 0. The number of aromatic carboxylic acids is 1. The highest BCUT2D eigenvalue weighted by Crippen LogP contribution is 2.34. The molecule has 0 radical (unpaired) electrons. The van der Waals surface area contributed by atoms with Gasteiger partial charge >= 0.3 is 12.1 Å². The van der Waals surface area contributed by atoms with Gasteiger partial charge in [-0.25, -0.2) is 13.6 Å². The lowest BCUT2D eigenvalue weighted by Gasteiger charge is -2.12. The zero-order valence-electron chi connectivity index (χ0n) is 8.29. The molecule has 0 aliphatic heterocycles. The summed E-state index contributed by atoms with van der Waals surface area (Å²) in [6.07, 6.45) is -8.30. The first-order valence-electron chi connectivity index (χ1n) is 4.21. The van der Waals surface area contributed by atoms with Gasteiger partial charge in [-0.05, 0) is 0 Å². The molecule has 0 saturated carbocycles. The minimum absolute atomic E-state index is 0.151. The molecule has 1 rings (SSSR count). The molecule has 1 aromatic heterocycles. The molecule has 1 heterocycles. The van der Waals surface area contributed by atoms with E-state index in [1.54, 1.807) is 0 Å². The molecule has 0 bridgehead atoms. The van der Waals surface area contributed by atoms with E-state index >= 15 is 0 Å².